The summed E-state index contributed by atoms with van der Waals surface area (Å²) in [5.41, 5.74) is 0. The summed E-state index contributed by atoms with van der Waals surface area (Å²) in [6.45, 7) is 34.2. The third-order valence-electron chi connectivity index (χ3n) is 6.07. The van der Waals surface area contributed by atoms with Crippen molar-refractivity contribution in [2.45, 2.75) is 102 Å². The Bertz CT molecular complexity index is 348. The van der Waals surface area contributed by atoms with Gasteiger partial charge in [0, 0.05) is 0 Å². The van der Waals surface area contributed by atoms with Crippen molar-refractivity contribution in [1.29, 1.82) is 0 Å². The molecule has 0 saturated carbocycles. The molecule has 0 atom stereocenters. The largest absolute Gasteiger partial charge is 0.357 e. The first-order chi connectivity index (χ1) is 13.8. The molecule has 0 spiro atoms. The third-order valence-corrected chi connectivity index (χ3v) is 6.07. The van der Waals surface area contributed by atoms with Crippen molar-refractivity contribution in [3.05, 3.63) is 0 Å². The van der Waals surface area contributed by atoms with Gasteiger partial charge in [0.15, 0.2) is 0 Å². The van der Waals surface area contributed by atoms with Crippen LogP contribution in [0.4, 0.5) is 0 Å². The van der Waals surface area contributed by atoms with Crippen molar-refractivity contribution in [1.82, 2.24) is 14.2 Å². The van der Waals surface area contributed by atoms with Gasteiger partial charge in [-0.1, -0.05) is 101 Å². The van der Waals surface area contributed by atoms with E-state index in [1.54, 1.807) is 0 Å². The molecule has 174 valence electrons. The quantitative estimate of drug-likeness (QED) is 0.345. The van der Waals surface area contributed by atoms with Crippen molar-refractivity contribution < 1.29 is 0 Å². The van der Waals surface area contributed by atoms with E-state index in [1.807, 2.05) is 0 Å². The lowest BCUT2D eigenvalue weighted by molar-refractivity contribution is 0.348. The van der Waals surface area contributed by atoms with Gasteiger partial charge in [0.1, 0.15) is 0 Å². The molecule has 0 amide bonds. The van der Waals surface area contributed by atoms with E-state index < -0.39 is 0 Å². The zero-order chi connectivity index (χ0) is 23.2. The summed E-state index contributed by atoms with van der Waals surface area (Å²) < 4.78 is 8.77. The molecule has 3 nitrogen and oxygen atoms in total. The molecule has 6 heteroatoms. The van der Waals surface area contributed by atoms with E-state index in [0.717, 1.165) is 17.8 Å². The van der Waals surface area contributed by atoms with Gasteiger partial charge in [-0.25, -0.2) is 0 Å². The zero-order valence-electron chi connectivity index (χ0n) is 22.8. The zero-order valence-corrected chi connectivity index (χ0v) is 22.8. The normalized spacial score (nSPS) is 18.0. The number of hydrogen-bond acceptors (Lipinski definition) is 3. The molecule has 0 aromatic heterocycles. The summed E-state index contributed by atoms with van der Waals surface area (Å²) in [4.78, 5) is 0. The smallest absolute Gasteiger partial charge is 0.290 e. The van der Waals surface area contributed by atoms with E-state index >= 15 is 0 Å². The molecule has 30 heavy (non-hydrogen) atoms. The fourth-order valence-electron chi connectivity index (χ4n) is 5.24. The molecule has 1 fully saturated rings. The number of nitrogens with zero attached hydrogens (tertiary/aromatic N) is 3. The van der Waals surface area contributed by atoms with Crippen LogP contribution in [0.1, 0.15) is 83.1 Å². The minimum atomic E-state index is 0.561. The maximum atomic E-state index is 2.92. The highest BCUT2D eigenvalue weighted by molar-refractivity contribution is 6.86. The Kier molecular flexibility index (Phi) is 12.1. The van der Waals surface area contributed by atoms with Crippen LogP contribution in [-0.4, -0.2) is 54.7 Å². The highest BCUT2D eigenvalue weighted by atomic mass is 15.3. The lowest BCUT2D eigenvalue weighted by Gasteiger charge is -2.57. The van der Waals surface area contributed by atoms with E-state index in [1.165, 1.54) is 38.6 Å². The number of hydrogen-bond donors (Lipinski definition) is 0. The van der Waals surface area contributed by atoms with Crippen LogP contribution >= 0.6 is 0 Å². The Labute approximate surface area is 192 Å². The summed E-state index contributed by atoms with van der Waals surface area (Å²) in [5, 5.41) is 0. The average molecular weight is 417 g/mol. The van der Waals surface area contributed by atoms with Gasteiger partial charge in [0.25, 0.3) is 20.9 Å². The van der Waals surface area contributed by atoms with Crippen LogP contribution in [0.3, 0.4) is 0 Å². The average Bonchev–Trinajstić information content (AvgIpc) is 2.55. The van der Waals surface area contributed by atoms with Gasteiger partial charge >= 0.3 is 0 Å². The fourth-order valence-corrected chi connectivity index (χ4v) is 5.24. The molecule has 0 bridgehead atoms. The van der Waals surface area contributed by atoms with Crippen LogP contribution in [0.15, 0.2) is 0 Å². The first kappa shape index (κ1) is 28.1. The molecule has 1 aliphatic rings. The predicted molar refractivity (Wildman–Crippen MR) is 141 cm³/mol. The van der Waals surface area contributed by atoms with Crippen LogP contribution in [0, 0.1) is 35.5 Å². The Hall–Kier alpha value is 0.0748. The van der Waals surface area contributed by atoms with Gasteiger partial charge in [-0.2, -0.15) is 0 Å². The van der Waals surface area contributed by atoms with Crippen LogP contribution in [0.25, 0.3) is 0 Å². The SMILES string of the molecule is CC(C)CB1N(CC(C)C)B(CC(C)C)N(CC(C)C)B(CC(C)C)N1CC(C)C. The predicted octanol–water partition coefficient (Wildman–Crippen LogP) is 6.31. The van der Waals surface area contributed by atoms with E-state index in [4.69, 9.17) is 0 Å². The van der Waals surface area contributed by atoms with Crippen molar-refractivity contribution in [2.24, 2.45) is 35.5 Å². The van der Waals surface area contributed by atoms with Gasteiger partial charge in [0.2, 0.25) is 0 Å². The standard InChI is InChI=1S/C24H54B3N3/c1-19(2)13-25-28(16-22(7)8)26(14-20(3)4)30(18-24(11)12)27(15-21(5)6)29(25)17-23(9)10/h19-24H,13-18H2,1-12H3. The third kappa shape index (κ3) is 8.90. The summed E-state index contributed by atoms with van der Waals surface area (Å²) in [5.74, 6) is 4.23. The molecule has 1 saturated heterocycles. The molecule has 0 aromatic carbocycles. The second-order valence-electron chi connectivity index (χ2n) is 12.6. The summed E-state index contributed by atoms with van der Waals surface area (Å²) in [6.07, 6.45) is 3.83. The van der Waals surface area contributed by atoms with Crippen molar-refractivity contribution >= 4 is 20.9 Å². The Morgan fingerprint density at radius 1 is 0.367 bits per heavy atom. The highest BCUT2D eigenvalue weighted by Gasteiger charge is 2.52. The van der Waals surface area contributed by atoms with E-state index in [-0.39, 0.29) is 0 Å². The van der Waals surface area contributed by atoms with Crippen molar-refractivity contribution in [2.75, 3.05) is 19.6 Å². The first-order valence-corrected chi connectivity index (χ1v) is 13.1. The summed E-state index contributed by atoms with van der Waals surface area (Å²) in [7, 11) is 0. The topological polar surface area (TPSA) is 9.72 Å². The van der Waals surface area contributed by atoms with E-state index in [9.17, 15) is 0 Å². The first-order valence-electron chi connectivity index (χ1n) is 13.1. The monoisotopic (exact) mass is 417 g/mol. The summed E-state index contributed by atoms with van der Waals surface area (Å²) in [6, 6.07) is 0. The molecule has 0 aliphatic carbocycles. The van der Waals surface area contributed by atoms with Crippen LogP contribution in [0.2, 0.25) is 19.0 Å². The molecular formula is C24H54B3N3. The lowest BCUT2D eigenvalue weighted by Crippen LogP contribution is -2.78. The van der Waals surface area contributed by atoms with Crippen molar-refractivity contribution in [3.8, 4) is 0 Å². The minimum absolute atomic E-state index is 0.561. The van der Waals surface area contributed by atoms with Gasteiger partial charge in [-0.15, -0.1) is 0 Å². The Morgan fingerprint density at radius 3 is 0.700 bits per heavy atom. The molecule has 0 radical (unpaired) electrons. The molecule has 0 unspecified atom stereocenters. The second-order valence-corrected chi connectivity index (χ2v) is 12.6. The van der Waals surface area contributed by atoms with E-state index in [0.29, 0.717) is 38.7 Å². The van der Waals surface area contributed by atoms with Gasteiger partial charge < -0.3 is 14.2 Å². The second kappa shape index (κ2) is 12.9. The highest BCUT2D eigenvalue weighted by Crippen LogP contribution is 2.32. The van der Waals surface area contributed by atoms with Gasteiger partial charge in [-0.3, -0.25) is 0 Å². The fraction of sp³-hybridized carbons (Fsp3) is 1.00. The lowest BCUT2D eigenvalue weighted by atomic mass is 9.38. The van der Waals surface area contributed by atoms with Crippen molar-refractivity contribution in [3.63, 3.8) is 0 Å². The maximum Gasteiger partial charge on any atom is 0.290 e. The Morgan fingerprint density at radius 2 is 0.567 bits per heavy atom. The minimum Gasteiger partial charge on any atom is -0.357 e. The molecular weight excluding hydrogens is 363 g/mol. The van der Waals surface area contributed by atoms with Crippen LogP contribution < -0.4 is 0 Å². The number of rotatable bonds is 12. The van der Waals surface area contributed by atoms with E-state index in [2.05, 4.69) is 97.3 Å². The molecule has 1 heterocycles. The van der Waals surface area contributed by atoms with Gasteiger partial charge in [0.05, 0.1) is 0 Å². The Balaban J connectivity index is 3.55. The summed E-state index contributed by atoms with van der Waals surface area (Å²) >= 11 is 0. The molecule has 1 aliphatic heterocycles. The molecule has 0 aromatic rings. The van der Waals surface area contributed by atoms with Crippen LogP contribution in [0.5, 0.6) is 0 Å². The molecule has 0 N–H and O–H groups in total. The van der Waals surface area contributed by atoms with Crippen LogP contribution in [-0.2, 0) is 0 Å². The maximum absolute atomic E-state index is 2.92. The van der Waals surface area contributed by atoms with Gasteiger partial charge in [-0.05, 0) is 56.3 Å². The molecule has 1 rings (SSSR count).